The molecule has 31 heavy (non-hydrogen) atoms. The van der Waals surface area contributed by atoms with Gasteiger partial charge in [0.25, 0.3) is 0 Å². The van der Waals surface area contributed by atoms with Gasteiger partial charge in [-0.2, -0.15) is 4.98 Å². The maximum atomic E-state index is 13.3. The minimum absolute atomic E-state index is 0.0870. The van der Waals surface area contributed by atoms with E-state index in [2.05, 4.69) is 19.2 Å². The number of allylic oxidation sites excluding steroid dienone is 2. The molecule has 0 radical (unpaired) electrons. The fourth-order valence-electron chi connectivity index (χ4n) is 4.34. The van der Waals surface area contributed by atoms with Crippen LogP contribution in [0.5, 0.6) is 0 Å². The number of ketones is 1. The molecule has 0 bridgehead atoms. The quantitative estimate of drug-likeness (QED) is 0.457. The van der Waals surface area contributed by atoms with E-state index in [1.165, 1.54) is 0 Å². The average Bonchev–Trinajstić information content (AvgIpc) is 3.10. The summed E-state index contributed by atoms with van der Waals surface area (Å²) >= 11 is 18.8. The highest BCUT2D eigenvalue weighted by Crippen LogP contribution is 2.47. The van der Waals surface area contributed by atoms with Crippen LogP contribution >= 0.6 is 34.8 Å². The Kier molecular flexibility index (Phi) is 4.88. The van der Waals surface area contributed by atoms with Crippen molar-refractivity contribution in [3.8, 4) is 11.4 Å². The predicted molar refractivity (Wildman–Crippen MR) is 124 cm³/mol. The van der Waals surface area contributed by atoms with Gasteiger partial charge in [-0.25, -0.2) is 4.68 Å². The molecule has 0 saturated carbocycles. The van der Waals surface area contributed by atoms with Crippen molar-refractivity contribution in [2.75, 3.05) is 5.32 Å². The molecule has 0 saturated heterocycles. The molecule has 1 N–H and O–H groups in total. The van der Waals surface area contributed by atoms with Crippen molar-refractivity contribution >= 4 is 46.5 Å². The van der Waals surface area contributed by atoms with Crippen LogP contribution in [0, 0.1) is 5.41 Å². The van der Waals surface area contributed by atoms with Crippen LogP contribution in [0.3, 0.4) is 0 Å². The monoisotopic (exact) mass is 472 g/mol. The molecule has 2 aliphatic rings. The lowest BCUT2D eigenvalue weighted by Gasteiger charge is -2.38. The van der Waals surface area contributed by atoms with Crippen LogP contribution in [0.2, 0.25) is 15.1 Å². The largest absolute Gasteiger partial charge is 0.328 e. The third-order valence-corrected chi connectivity index (χ3v) is 6.51. The smallest absolute Gasteiger partial charge is 0.226 e. The lowest BCUT2D eigenvalue weighted by molar-refractivity contribution is -0.118. The first-order valence-corrected chi connectivity index (χ1v) is 11.1. The van der Waals surface area contributed by atoms with E-state index in [4.69, 9.17) is 44.9 Å². The predicted octanol–water partition coefficient (Wildman–Crippen LogP) is 6.56. The Hall–Kier alpha value is -2.34. The summed E-state index contributed by atoms with van der Waals surface area (Å²) in [6.07, 6.45) is 1.20. The summed E-state index contributed by atoms with van der Waals surface area (Å²) in [5.41, 5.74) is 3.02. The summed E-state index contributed by atoms with van der Waals surface area (Å²) in [5.74, 6) is 1.20. The van der Waals surface area contributed by atoms with Crippen LogP contribution in [0.4, 0.5) is 5.95 Å². The third-order valence-electron chi connectivity index (χ3n) is 5.69. The van der Waals surface area contributed by atoms with Crippen molar-refractivity contribution < 1.29 is 4.79 Å². The van der Waals surface area contributed by atoms with Crippen LogP contribution in [0.25, 0.3) is 11.4 Å². The summed E-state index contributed by atoms with van der Waals surface area (Å²) in [4.78, 5) is 18.0. The molecule has 8 heteroatoms. The van der Waals surface area contributed by atoms with Gasteiger partial charge in [0.2, 0.25) is 5.95 Å². The minimum atomic E-state index is -0.479. The van der Waals surface area contributed by atoms with Gasteiger partial charge in [0.15, 0.2) is 11.6 Å². The number of fused-ring (bicyclic) bond motifs is 1. The molecule has 3 aromatic rings. The van der Waals surface area contributed by atoms with E-state index in [-0.39, 0.29) is 11.2 Å². The Balaban J connectivity index is 1.70. The summed E-state index contributed by atoms with van der Waals surface area (Å²) in [5, 5.41) is 9.79. The lowest BCUT2D eigenvalue weighted by atomic mass is 9.73. The van der Waals surface area contributed by atoms with Gasteiger partial charge < -0.3 is 5.32 Å². The number of Topliss-reactive ketones (excluding diaryl/α,β-unsaturated/α-hetero) is 1. The fourth-order valence-corrected chi connectivity index (χ4v) is 4.98. The number of halogens is 3. The number of carbonyl (C=O) groups is 1. The van der Waals surface area contributed by atoms with Gasteiger partial charge in [0.05, 0.1) is 0 Å². The van der Waals surface area contributed by atoms with Crippen LogP contribution in [0.15, 0.2) is 53.7 Å². The van der Waals surface area contributed by atoms with Crippen molar-refractivity contribution in [3.63, 3.8) is 0 Å². The van der Waals surface area contributed by atoms with Gasteiger partial charge in [-0.1, -0.05) is 54.7 Å². The van der Waals surface area contributed by atoms with Crippen molar-refractivity contribution in [1.82, 2.24) is 14.8 Å². The zero-order valence-electron chi connectivity index (χ0n) is 16.9. The van der Waals surface area contributed by atoms with Gasteiger partial charge in [0, 0.05) is 43.9 Å². The SMILES string of the molecule is CC1(C)CC(=O)C2=C(C1)Nc1nc(-c3ccc(Cl)cc3)nn1C2c1ccc(Cl)cc1Cl. The highest BCUT2D eigenvalue weighted by molar-refractivity contribution is 6.35. The number of rotatable bonds is 2. The Morgan fingerprint density at radius 2 is 1.74 bits per heavy atom. The van der Waals surface area contributed by atoms with Gasteiger partial charge in [0.1, 0.15) is 6.04 Å². The molecule has 1 aliphatic carbocycles. The Labute approximate surface area is 195 Å². The summed E-state index contributed by atoms with van der Waals surface area (Å²) in [7, 11) is 0. The van der Waals surface area contributed by atoms with E-state index < -0.39 is 6.04 Å². The number of nitrogens with one attached hydrogen (secondary N) is 1. The van der Waals surface area contributed by atoms with Crippen molar-refractivity contribution in [3.05, 3.63) is 74.4 Å². The maximum Gasteiger partial charge on any atom is 0.226 e. The van der Waals surface area contributed by atoms with Crippen molar-refractivity contribution in [2.24, 2.45) is 5.41 Å². The third kappa shape index (κ3) is 3.65. The molecule has 2 aromatic carbocycles. The molecular formula is C23H19Cl3N4O. The Morgan fingerprint density at radius 3 is 2.45 bits per heavy atom. The standard InChI is InChI=1S/C23H19Cl3N4O/c1-23(2)10-17-19(18(31)11-23)20(15-8-7-14(25)9-16(15)26)30-22(27-17)28-21(29-30)12-3-5-13(24)6-4-12/h3-9,20H,10-11H2,1-2H3,(H,27,28,29). The molecular weight excluding hydrogens is 455 g/mol. The number of hydrogen-bond donors (Lipinski definition) is 1. The lowest BCUT2D eigenvalue weighted by Crippen LogP contribution is -2.36. The molecule has 0 fully saturated rings. The number of aromatic nitrogens is 3. The summed E-state index contributed by atoms with van der Waals surface area (Å²) in [6, 6.07) is 12.2. The molecule has 1 atom stereocenters. The number of nitrogens with zero attached hydrogens (tertiary/aromatic N) is 3. The van der Waals surface area contributed by atoms with E-state index in [1.807, 2.05) is 18.2 Å². The molecule has 0 spiro atoms. The molecule has 5 rings (SSSR count). The number of hydrogen-bond acceptors (Lipinski definition) is 4. The normalized spacial score (nSPS) is 19.6. The second kappa shape index (κ2) is 7.37. The van der Waals surface area contributed by atoms with Crippen LogP contribution in [-0.4, -0.2) is 20.5 Å². The first-order chi connectivity index (χ1) is 14.7. The second-order valence-electron chi connectivity index (χ2n) is 8.74. The Morgan fingerprint density at radius 1 is 1.03 bits per heavy atom. The summed E-state index contributed by atoms with van der Waals surface area (Å²) < 4.78 is 1.74. The molecule has 2 heterocycles. The number of benzene rings is 2. The van der Waals surface area contributed by atoms with Gasteiger partial charge in [-0.05, 0) is 48.2 Å². The van der Waals surface area contributed by atoms with E-state index in [9.17, 15) is 4.79 Å². The molecule has 1 unspecified atom stereocenters. The highest BCUT2D eigenvalue weighted by Gasteiger charge is 2.42. The van der Waals surface area contributed by atoms with Gasteiger partial charge in [-0.15, -0.1) is 5.10 Å². The number of carbonyl (C=O) groups excluding carboxylic acids is 1. The van der Waals surface area contributed by atoms with Crippen LogP contribution in [0.1, 0.15) is 38.3 Å². The summed E-state index contributed by atoms with van der Waals surface area (Å²) in [6.45, 7) is 4.19. The van der Waals surface area contributed by atoms with Gasteiger partial charge in [-0.3, -0.25) is 4.79 Å². The minimum Gasteiger partial charge on any atom is -0.328 e. The first kappa shape index (κ1) is 20.6. The highest BCUT2D eigenvalue weighted by atomic mass is 35.5. The molecule has 5 nitrogen and oxygen atoms in total. The first-order valence-electron chi connectivity index (χ1n) is 9.92. The zero-order chi connectivity index (χ0) is 21.9. The molecule has 0 amide bonds. The van der Waals surface area contributed by atoms with Crippen LogP contribution in [-0.2, 0) is 4.79 Å². The van der Waals surface area contributed by atoms with E-state index in [0.29, 0.717) is 38.8 Å². The Bertz CT molecular complexity index is 1240. The number of anilines is 1. The maximum absolute atomic E-state index is 13.3. The zero-order valence-corrected chi connectivity index (χ0v) is 19.2. The second-order valence-corrected chi connectivity index (χ2v) is 10.0. The van der Waals surface area contributed by atoms with Crippen molar-refractivity contribution in [1.29, 1.82) is 0 Å². The molecule has 158 valence electrons. The van der Waals surface area contributed by atoms with E-state index >= 15 is 0 Å². The topological polar surface area (TPSA) is 59.8 Å². The molecule has 1 aromatic heterocycles. The fraction of sp³-hybridized carbons (Fsp3) is 0.261. The van der Waals surface area contributed by atoms with Crippen LogP contribution < -0.4 is 5.32 Å². The van der Waals surface area contributed by atoms with E-state index in [1.54, 1.807) is 28.9 Å². The van der Waals surface area contributed by atoms with Crippen molar-refractivity contribution in [2.45, 2.75) is 32.7 Å². The molecule has 1 aliphatic heterocycles. The van der Waals surface area contributed by atoms with Gasteiger partial charge >= 0.3 is 0 Å². The van der Waals surface area contributed by atoms with E-state index in [0.717, 1.165) is 23.2 Å². The average molecular weight is 474 g/mol.